The fourth-order valence-electron chi connectivity index (χ4n) is 5.35. The molecule has 1 saturated heterocycles. The third kappa shape index (κ3) is 4.69. The van der Waals surface area contributed by atoms with Gasteiger partial charge in [0.15, 0.2) is 5.65 Å². The minimum Gasteiger partial charge on any atom is -0.349 e. The second-order valence-corrected chi connectivity index (χ2v) is 11.8. The van der Waals surface area contributed by atoms with Gasteiger partial charge < -0.3 is 9.80 Å². The van der Waals surface area contributed by atoms with Crippen molar-refractivity contribution >= 4 is 45.7 Å². The van der Waals surface area contributed by atoms with Crippen LogP contribution >= 0.6 is 22.9 Å². The van der Waals surface area contributed by atoms with Crippen molar-refractivity contribution in [2.45, 2.75) is 59.5 Å². The largest absolute Gasteiger partial charge is 0.355 e. The number of fused-ring (bicyclic) bond motifs is 1. The van der Waals surface area contributed by atoms with Crippen molar-refractivity contribution in [3.05, 3.63) is 69.0 Å². The highest BCUT2D eigenvalue weighted by Gasteiger charge is 2.34. The topological polar surface area (TPSA) is 97.1 Å². The van der Waals surface area contributed by atoms with Crippen molar-refractivity contribution in [3.8, 4) is 16.3 Å². The lowest BCUT2D eigenvalue weighted by molar-refractivity contribution is -0.128. The second kappa shape index (κ2) is 10.7. The van der Waals surface area contributed by atoms with E-state index in [9.17, 15) is 9.59 Å². The summed E-state index contributed by atoms with van der Waals surface area (Å²) in [6.45, 7) is 16.6. The molecular formula is C29H32ClN7O2S. The van der Waals surface area contributed by atoms with Gasteiger partial charge in [-0.2, -0.15) is 4.98 Å². The predicted molar refractivity (Wildman–Crippen MR) is 161 cm³/mol. The van der Waals surface area contributed by atoms with Crippen LogP contribution < -0.4 is 10.6 Å². The highest BCUT2D eigenvalue weighted by molar-refractivity contribution is 7.13. The van der Waals surface area contributed by atoms with Gasteiger partial charge in [0, 0.05) is 31.4 Å². The SMILES string of the molecule is C=CC(=O)N1C[C@H](C)N(c2nc(=O)n(-c3c(C)ccnc3C(C)C)c3nc(-c4scnc4C)c(Cl)cc23)C[C@H]1C. The lowest BCUT2D eigenvalue weighted by Crippen LogP contribution is -2.58. The first-order valence-electron chi connectivity index (χ1n) is 13.2. The number of carbonyl (C=O) groups excluding carboxylic acids is 1. The molecule has 4 aromatic rings. The standard InChI is InChI=1S/C29H32ClN7O2S/c1-8-22(38)35-12-18(6)36(13-17(35)5)27-20-11-21(30)24(26-19(7)32-14-40-26)33-28(20)37(29(39)34-27)25-16(4)9-10-31-23(25)15(2)3/h8-11,14-15,17-18H,1,12-13H2,2-7H3/t17-,18+/m1/s1. The van der Waals surface area contributed by atoms with Gasteiger partial charge in [-0.3, -0.25) is 9.78 Å². The van der Waals surface area contributed by atoms with Crippen molar-refractivity contribution in [2.75, 3.05) is 18.0 Å². The molecule has 1 aliphatic rings. The van der Waals surface area contributed by atoms with E-state index in [1.54, 1.807) is 21.2 Å². The van der Waals surface area contributed by atoms with Crippen LogP contribution in [0.25, 0.3) is 27.3 Å². The summed E-state index contributed by atoms with van der Waals surface area (Å²) in [6.07, 6.45) is 3.09. The number of aromatic nitrogens is 5. The van der Waals surface area contributed by atoms with E-state index in [4.69, 9.17) is 16.6 Å². The number of aryl methyl sites for hydroxylation is 2. The molecule has 0 bridgehead atoms. The highest BCUT2D eigenvalue weighted by Crippen LogP contribution is 2.37. The van der Waals surface area contributed by atoms with Crippen LogP contribution in [0.4, 0.5) is 5.82 Å². The molecule has 5 rings (SSSR count). The van der Waals surface area contributed by atoms with E-state index < -0.39 is 5.69 Å². The Morgan fingerprint density at radius 3 is 2.58 bits per heavy atom. The van der Waals surface area contributed by atoms with Crippen molar-refractivity contribution in [1.29, 1.82) is 0 Å². The fourth-order valence-corrected chi connectivity index (χ4v) is 6.45. The van der Waals surface area contributed by atoms with Crippen LogP contribution in [0.15, 0.2) is 41.3 Å². The molecule has 2 atom stereocenters. The molecule has 1 amide bonds. The smallest absolute Gasteiger partial charge is 0.349 e. The Balaban J connectivity index is 1.82. The second-order valence-electron chi connectivity index (χ2n) is 10.6. The van der Waals surface area contributed by atoms with E-state index in [1.807, 2.05) is 53.7 Å². The third-order valence-corrected chi connectivity index (χ3v) is 8.63. The molecule has 0 aromatic carbocycles. The molecule has 0 saturated carbocycles. The van der Waals surface area contributed by atoms with Gasteiger partial charge in [-0.1, -0.05) is 32.0 Å². The number of carbonyl (C=O) groups is 1. The van der Waals surface area contributed by atoms with Crippen molar-refractivity contribution in [1.82, 2.24) is 29.4 Å². The summed E-state index contributed by atoms with van der Waals surface area (Å²) >= 11 is 8.33. The summed E-state index contributed by atoms with van der Waals surface area (Å²) in [4.78, 5) is 49.9. The highest BCUT2D eigenvalue weighted by atomic mass is 35.5. The van der Waals surface area contributed by atoms with E-state index in [0.717, 1.165) is 21.8 Å². The molecule has 40 heavy (non-hydrogen) atoms. The van der Waals surface area contributed by atoms with Crippen molar-refractivity contribution in [3.63, 3.8) is 0 Å². The molecule has 0 radical (unpaired) electrons. The van der Waals surface area contributed by atoms with Crippen LogP contribution in [-0.4, -0.2) is 60.5 Å². The van der Waals surface area contributed by atoms with E-state index in [-0.39, 0.29) is 23.9 Å². The lowest BCUT2D eigenvalue weighted by atomic mass is 10.0. The molecule has 9 nitrogen and oxygen atoms in total. The van der Waals surface area contributed by atoms with Gasteiger partial charge in [0.25, 0.3) is 0 Å². The molecule has 1 fully saturated rings. The molecule has 0 N–H and O–H groups in total. The molecule has 0 spiro atoms. The maximum Gasteiger partial charge on any atom is 0.355 e. The first-order valence-corrected chi connectivity index (χ1v) is 14.5. The van der Waals surface area contributed by atoms with E-state index in [1.165, 1.54) is 17.4 Å². The number of amides is 1. The maximum absolute atomic E-state index is 14.0. The molecule has 0 aliphatic carbocycles. The molecular weight excluding hydrogens is 546 g/mol. The number of rotatable bonds is 5. The Morgan fingerprint density at radius 2 is 1.93 bits per heavy atom. The zero-order valence-electron chi connectivity index (χ0n) is 23.5. The zero-order chi connectivity index (χ0) is 28.9. The van der Waals surface area contributed by atoms with E-state index in [0.29, 0.717) is 46.3 Å². The Morgan fingerprint density at radius 1 is 1.18 bits per heavy atom. The van der Waals surface area contributed by atoms with Crippen LogP contribution in [0.5, 0.6) is 0 Å². The normalized spacial score (nSPS) is 17.6. The quantitative estimate of drug-likeness (QED) is 0.297. The van der Waals surface area contributed by atoms with E-state index in [2.05, 4.69) is 26.4 Å². The van der Waals surface area contributed by atoms with Crippen LogP contribution in [0, 0.1) is 13.8 Å². The number of hydrogen-bond acceptors (Lipinski definition) is 8. The number of halogens is 1. The van der Waals surface area contributed by atoms with Gasteiger partial charge >= 0.3 is 5.69 Å². The van der Waals surface area contributed by atoms with Gasteiger partial charge in [0.2, 0.25) is 5.91 Å². The first-order chi connectivity index (χ1) is 19.0. The summed E-state index contributed by atoms with van der Waals surface area (Å²) in [5.41, 5.74) is 5.48. The Bertz CT molecular complexity index is 1700. The Labute approximate surface area is 242 Å². The monoisotopic (exact) mass is 577 g/mol. The minimum absolute atomic E-state index is 0.0587. The summed E-state index contributed by atoms with van der Waals surface area (Å²) < 4.78 is 1.57. The summed E-state index contributed by atoms with van der Waals surface area (Å²) in [6, 6.07) is 3.50. The number of piperazine rings is 1. The Kier molecular flexibility index (Phi) is 7.50. The number of nitrogens with zero attached hydrogens (tertiary/aromatic N) is 7. The van der Waals surface area contributed by atoms with Crippen LogP contribution in [0.1, 0.15) is 50.6 Å². The Hall–Kier alpha value is -3.63. The summed E-state index contributed by atoms with van der Waals surface area (Å²) in [7, 11) is 0. The average Bonchev–Trinajstić information content (AvgIpc) is 3.34. The first kappa shape index (κ1) is 27.9. The van der Waals surface area contributed by atoms with Crippen LogP contribution in [0.2, 0.25) is 5.02 Å². The van der Waals surface area contributed by atoms with E-state index >= 15 is 0 Å². The molecule has 208 valence electrons. The van der Waals surface area contributed by atoms with Gasteiger partial charge in [-0.05, 0) is 57.4 Å². The average molecular weight is 578 g/mol. The number of thiazole rings is 1. The molecule has 0 unspecified atom stereocenters. The summed E-state index contributed by atoms with van der Waals surface area (Å²) in [5, 5.41) is 1.09. The predicted octanol–water partition coefficient (Wildman–Crippen LogP) is 5.30. The fraction of sp³-hybridized carbons (Fsp3) is 0.379. The van der Waals surface area contributed by atoms with Gasteiger partial charge in [0.1, 0.15) is 11.5 Å². The summed E-state index contributed by atoms with van der Waals surface area (Å²) in [5.74, 6) is 0.439. The van der Waals surface area contributed by atoms with Crippen molar-refractivity contribution in [2.24, 2.45) is 0 Å². The maximum atomic E-state index is 14.0. The number of hydrogen-bond donors (Lipinski definition) is 0. The van der Waals surface area contributed by atoms with Crippen LogP contribution in [-0.2, 0) is 4.79 Å². The van der Waals surface area contributed by atoms with Gasteiger partial charge in [0.05, 0.1) is 37.9 Å². The third-order valence-electron chi connectivity index (χ3n) is 7.40. The molecule has 4 aromatic heterocycles. The molecule has 1 aliphatic heterocycles. The minimum atomic E-state index is -0.452. The zero-order valence-corrected chi connectivity index (χ0v) is 25.0. The number of anilines is 1. The number of pyridine rings is 2. The van der Waals surface area contributed by atoms with Crippen molar-refractivity contribution < 1.29 is 4.79 Å². The lowest BCUT2D eigenvalue weighted by Gasteiger charge is -2.44. The van der Waals surface area contributed by atoms with Gasteiger partial charge in [-0.15, -0.1) is 11.3 Å². The molecule has 11 heteroatoms. The van der Waals surface area contributed by atoms with Crippen LogP contribution in [0.3, 0.4) is 0 Å². The molecule has 5 heterocycles. The van der Waals surface area contributed by atoms with Gasteiger partial charge in [-0.25, -0.2) is 19.3 Å².